The zero-order valence-electron chi connectivity index (χ0n) is 9.96. The number of carbonyl (C=O) groups excluding carboxylic acids is 1. The quantitative estimate of drug-likeness (QED) is 0.833. The van der Waals surface area contributed by atoms with Crippen LogP contribution < -0.4 is 5.73 Å². The Labute approximate surface area is 105 Å². The van der Waals surface area contributed by atoms with Gasteiger partial charge in [-0.15, -0.1) is 0 Å². The van der Waals surface area contributed by atoms with Crippen LogP contribution in [0.1, 0.15) is 17.4 Å². The topological polar surface area (TPSA) is 78.1 Å². The van der Waals surface area contributed by atoms with Crippen molar-refractivity contribution in [3.05, 3.63) is 42.4 Å². The summed E-state index contributed by atoms with van der Waals surface area (Å²) in [4.78, 5) is 19.9. The van der Waals surface area contributed by atoms with Gasteiger partial charge in [0.2, 0.25) is 0 Å². The van der Waals surface area contributed by atoms with E-state index in [0.29, 0.717) is 11.4 Å². The van der Waals surface area contributed by atoms with Gasteiger partial charge in [-0.05, 0) is 31.2 Å². The number of pyridine rings is 2. The molecule has 0 aliphatic carbocycles. The lowest BCUT2D eigenvalue weighted by Crippen LogP contribution is -2.10. The van der Waals surface area contributed by atoms with Crippen LogP contribution in [0.3, 0.4) is 0 Å². The van der Waals surface area contributed by atoms with Gasteiger partial charge in [-0.1, -0.05) is 0 Å². The van der Waals surface area contributed by atoms with E-state index >= 15 is 0 Å². The van der Waals surface area contributed by atoms with Gasteiger partial charge in [0, 0.05) is 18.0 Å². The van der Waals surface area contributed by atoms with Crippen molar-refractivity contribution < 1.29 is 9.53 Å². The first-order valence-corrected chi connectivity index (χ1v) is 5.56. The number of nitrogens with zero attached hydrogens (tertiary/aromatic N) is 2. The van der Waals surface area contributed by atoms with E-state index in [1.807, 2.05) is 6.07 Å². The van der Waals surface area contributed by atoms with Crippen molar-refractivity contribution in [2.24, 2.45) is 0 Å². The minimum Gasteiger partial charge on any atom is -0.461 e. The molecule has 5 heteroatoms. The van der Waals surface area contributed by atoms with Gasteiger partial charge in [-0.2, -0.15) is 0 Å². The zero-order chi connectivity index (χ0) is 13.0. The molecule has 0 atom stereocenters. The van der Waals surface area contributed by atoms with Crippen LogP contribution in [0.5, 0.6) is 0 Å². The molecule has 92 valence electrons. The van der Waals surface area contributed by atoms with Gasteiger partial charge in [-0.25, -0.2) is 9.78 Å². The number of nitrogen functional groups attached to an aromatic ring is 1. The van der Waals surface area contributed by atoms with Crippen LogP contribution in [0.4, 0.5) is 5.69 Å². The van der Waals surface area contributed by atoms with E-state index in [-0.39, 0.29) is 12.3 Å². The minimum absolute atomic E-state index is 0.137. The normalized spacial score (nSPS) is 10.1. The van der Waals surface area contributed by atoms with Crippen molar-refractivity contribution in [3.63, 3.8) is 0 Å². The summed E-state index contributed by atoms with van der Waals surface area (Å²) in [5.41, 5.74) is 7.63. The maximum absolute atomic E-state index is 11.7. The van der Waals surface area contributed by atoms with Crippen LogP contribution in [0.25, 0.3) is 11.3 Å². The third-order valence-corrected chi connectivity index (χ3v) is 2.35. The third kappa shape index (κ3) is 2.45. The first kappa shape index (κ1) is 12.0. The molecule has 2 aromatic heterocycles. The lowest BCUT2D eigenvalue weighted by molar-refractivity contribution is 0.0521. The molecule has 0 radical (unpaired) electrons. The summed E-state index contributed by atoms with van der Waals surface area (Å²) >= 11 is 0. The van der Waals surface area contributed by atoms with Crippen LogP contribution in [-0.2, 0) is 4.74 Å². The maximum atomic E-state index is 11.7. The summed E-state index contributed by atoms with van der Waals surface area (Å²) in [7, 11) is 0. The molecule has 0 unspecified atom stereocenters. The van der Waals surface area contributed by atoms with Gasteiger partial charge in [0.25, 0.3) is 0 Å². The lowest BCUT2D eigenvalue weighted by atomic mass is 10.1. The Kier molecular flexibility index (Phi) is 3.52. The molecular weight excluding hydrogens is 230 g/mol. The van der Waals surface area contributed by atoms with E-state index in [2.05, 4.69) is 9.97 Å². The molecule has 0 aliphatic rings. The van der Waals surface area contributed by atoms with Gasteiger partial charge in [0.05, 0.1) is 18.0 Å². The molecule has 0 aliphatic heterocycles. The van der Waals surface area contributed by atoms with Crippen LogP contribution in [0.15, 0.2) is 36.7 Å². The summed E-state index contributed by atoms with van der Waals surface area (Å²) in [6.07, 6.45) is 3.35. The largest absolute Gasteiger partial charge is 0.461 e. The summed E-state index contributed by atoms with van der Waals surface area (Å²) in [6, 6.07) is 7.05. The molecule has 2 N–H and O–H groups in total. The lowest BCUT2D eigenvalue weighted by Gasteiger charge is -2.06. The van der Waals surface area contributed by atoms with Crippen LogP contribution in [0.2, 0.25) is 0 Å². The van der Waals surface area contributed by atoms with Crippen molar-refractivity contribution in [1.29, 1.82) is 0 Å². The molecule has 2 heterocycles. The standard InChI is InChI=1S/C13H13N3O2/c1-2-18-13(17)12-10(14)5-6-11(16-12)9-4-3-7-15-8-9/h3-8H,2,14H2,1H3. The Morgan fingerprint density at radius 2 is 2.22 bits per heavy atom. The van der Waals surface area contributed by atoms with Crippen molar-refractivity contribution in [3.8, 4) is 11.3 Å². The fraction of sp³-hybridized carbons (Fsp3) is 0.154. The summed E-state index contributed by atoms with van der Waals surface area (Å²) < 4.78 is 4.90. The van der Waals surface area contributed by atoms with Gasteiger partial charge in [-0.3, -0.25) is 4.98 Å². The van der Waals surface area contributed by atoms with Gasteiger partial charge in [0.1, 0.15) is 0 Å². The number of carbonyl (C=O) groups is 1. The van der Waals surface area contributed by atoms with E-state index in [9.17, 15) is 4.79 Å². The Morgan fingerprint density at radius 3 is 2.89 bits per heavy atom. The zero-order valence-corrected chi connectivity index (χ0v) is 9.96. The van der Waals surface area contributed by atoms with Gasteiger partial charge >= 0.3 is 5.97 Å². The summed E-state index contributed by atoms with van der Waals surface area (Å²) in [5, 5.41) is 0. The molecule has 0 bridgehead atoms. The number of ether oxygens (including phenoxy) is 1. The van der Waals surface area contributed by atoms with E-state index in [1.54, 1.807) is 37.5 Å². The predicted octanol–water partition coefficient (Wildman–Crippen LogP) is 1.90. The Hall–Kier alpha value is -2.43. The molecule has 0 spiro atoms. The molecule has 0 saturated carbocycles. The average molecular weight is 243 g/mol. The van der Waals surface area contributed by atoms with Crippen molar-refractivity contribution in [2.45, 2.75) is 6.92 Å². The number of esters is 1. The minimum atomic E-state index is -0.513. The summed E-state index contributed by atoms with van der Waals surface area (Å²) in [5.74, 6) is -0.513. The predicted molar refractivity (Wildman–Crippen MR) is 67.8 cm³/mol. The summed E-state index contributed by atoms with van der Waals surface area (Å²) in [6.45, 7) is 2.02. The Balaban J connectivity index is 2.41. The first-order chi connectivity index (χ1) is 8.72. The molecule has 0 amide bonds. The molecular formula is C13H13N3O2. The molecule has 0 saturated heterocycles. The number of hydrogen-bond donors (Lipinski definition) is 1. The molecule has 0 aromatic carbocycles. The monoisotopic (exact) mass is 243 g/mol. The highest BCUT2D eigenvalue weighted by molar-refractivity contribution is 5.93. The SMILES string of the molecule is CCOC(=O)c1nc(-c2cccnc2)ccc1N. The Bertz CT molecular complexity index is 555. The fourth-order valence-corrected chi connectivity index (χ4v) is 1.51. The maximum Gasteiger partial charge on any atom is 0.359 e. The van der Waals surface area contributed by atoms with Crippen molar-refractivity contribution >= 4 is 11.7 Å². The number of hydrogen-bond acceptors (Lipinski definition) is 5. The third-order valence-electron chi connectivity index (χ3n) is 2.35. The van der Waals surface area contributed by atoms with Crippen molar-refractivity contribution in [1.82, 2.24) is 9.97 Å². The molecule has 5 nitrogen and oxygen atoms in total. The number of anilines is 1. The Morgan fingerprint density at radius 1 is 1.39 bits per heavy atom. The van der Waals surface area contributed by atoms with Crippen LogP contribution in [-0.4, -0.2) is 22.5 Å². The second-order valence-corrected chi connectivity index (χ2v) is 3.60. The van der Waals surface area contributed by atoms with Crippen LogP contribution in [0, 0.1) is 0 Å². The number of aromatic nitrogens is 2. The molecule has 2 rings (SSSR count). The highest BCUT2D eigenvalue weighted by Gasteiger charge is 2.14. The van der Waals surface area contributed by atoms with Crippen LogP contribution >= 0.6 is 0 Å². The van der Waals surface area contributed by atoms with E-state index < -0.39 is 5.97 Å². The smallest absolute Gasteiger partial charge is 0.359 e. The molecule has 18 heavy (non-hydrogen) atoms. The van der Waals surface area contributed by atoms with E-state index in [0.717, 1.165) is 5.56 Å². The number of rotatable bonds is 3. The number of nitrogens with two attached hydrogens (primary N) is 1. The van der Waals surface area contributed by atoms with E-state index in [4.69, 9.17) is 10.5 Å². The second-order valence-electron chi connectivity index (χ2n) is 3.60. The highest BCUT2D eigenvalue weighted by Crippen LogP contribution is 2.19. The van der Waals surface area contributed by atoms with Gasteiger partial charge < -0.3 is 10.5 Å². The highest BCUT2D eigenvalue weighted by atomic mass is 16.5. The molecule has 2 aromatic rings. The first-order valence-electron chi connectivity index (χ1n) is 5.56. The fourth-order valence-electron chi connectivity index (χ4n) is 1.51. The van der Waals surface area contributed by atoms with E-state index in [1.165, 1.54) is 0 Å². The second kappa shape index (κ2) is 5.27. The molecule has 0 fully saturated rings. The van der Waals surface area contributed by atoms with Crippen molar-refractivity contribution in [2.75, 3.05) is 12.3 Å². The van der Waals surface area contributed by atoms with Gasteiger partial charge in [0.15, 0.2) is 5.69 Å². The average Bonchev–Trinajstić information content (AvgIpc) is 2.40.